The first-order chi connectivity index (χ1) is 10.9. The molecule has 0 aliphatic rings. The highest BCUT2D eigenvalue weighted by Crippen LogP contribution is 2.22. The summed E-state index contributed by atoms with van der Waals surface area (Å²) < 4.78 is 26.2. The molecular weight excluding hydrogens is 298 g/mol. The Morgan fingerprint density at radius 1 is 1.04 bits per heavy atom. The van der Waals surface area contributed by atoms with Crippen LogP contribution in [0.3, 0.4) is 0 Å². The van der Waals surface area contributed by atoms with Gasteiger partial charge in [0.1, 0.15) is 0 Å². The smallest absolute Gasteiger partial charge is 0.159 e. The topological polar surface area (TPSA) is 56.0 Å². The molecule has 3 unspecified atom stereocenters. The normalized spacial score (nSPS) is 14.8. The SMILES string of the molecule is CC(NC(C)C(O)c1ccc(F)c(F)c1)c1cccc(C#N)c1. The maximum Gasteiger partial charge on any atom is 0.159 e. The predicted octanol–water partition coefficient (Wildman–Crippen LogP) is 3.61. The molecule has 2 N–H and O–H groups in total. The van der Waals surface area contributed by atoms with Crippen LogP contribution in [0.4, 0.5) is 8.78 Å². The third-order valence-corrected chi connectivity index (χ3v) is 3.79. The Morgan fingerprint density at radius 3 is 2.43 bits per heavy atom. The summed E-state index contributed by atoms with van der Waals surface area (Å²) in [6.45, 7) is 3.67. The second kappa shape index (κ2) is 7.32. The van der Waals surface area contributed by atoms with Gasteiger partial charge in [-0.1, -0.05) is 18.2 Å². The van der Waals surface area contributed by atoms with Crippen molar-refractivity contribution in [2.45, 2.75) is 32.0 Å². The highest BCUT2D eigenvalue weighted by atomic mass is 19.2. The fraction of sp³-hybridized carbons (Fsp3) is 0.278. The van der Waals surface area contributed by atoms with E-state index in [9.17, 15) is 13.9 Å². The van der Waals surface area contributed by atoms with E-state index in [1.807, 2.05) is 13.0 Å². The number of aliphatic hydroxyl groups excluding tert-OH is 1. The molecule has 0 fully saturated rings. The van der Waals surface area contributed by atoms with Crippen LogP contribution >= 0.6 is 0 Å². The molecule has 0 aromatic heterocycles. The van der Waals surface area contributed by atoms with Crippen molar-refractivity contribution in [2.24, 2.45) is 0 Å². The quantitative estimate of drug-likeness (QED) is 0.886. The second-order valence-corrected chi connectivity index (χ2v) is 5.53. The zero-order chi connectivity index (χ0) is 17.0. The highest BCUT2D eigenvalue weighted by molar-refractivity contribution is 5.34. The summed E-state index contributed by atoms with van der Waals surface area (Å²) in [6, 6.07) is 12.1. The first kappa shape index (κ1) is 17.1. The lowest BCUT2D eigenvalue weighted by molar-refractivity contribution is 0.130. The minimum absolute atomic E-state index is 0.113. The molecule has 0 spiro atoms. The van der Waals surface area contributed by atoms with E-state index in [0.717, 1.165) is 17.7 Å². The van der Waals surface area contributed by atoms with Crippen LogP contribution in [-0.2, 0) is 0 Å². The van der Waals surface area contributed by atoms with E-state index in [2.05, 4.69) is 11.4 Å². The average molecular weight is 316 g/mol. The van der Waals surface area contributed by atoms with Crippen LogP contribution in [0.5, 0.6) is 0 Å². The zero-order valence-electron chi connectivity index (χ0n) is 12.9. The maximum absolute atomic E-state index is 13.3. The van der Waals surface area contributed by atoms with E-state index < -0.39 is 17.7 Å². The van der Waals surface area contributed by atoms with Crippen LogP contribution in [0.2, 0.25) is 0 Å². The Balaban J connectivity index is 2.09. The average Bonchev–Trinajstić information content (AvgIpc) is 2.56. The number of nitrogens with zero attached hydrogens (tertiary/aromatic N) is 1. The minimum Gasteiger partial charge on any atom is -0.387 e. The number of nitriles is 1. The van der Waals surface area contributed by atoms with Crippen molar-refractivity contribution in [2.75, 3.05) is 0 Å². The molecule has 0 amide bonds. The molecule has 3 nitrogen and oxygen atoms in total. The summed E-state index contributed by atoms with van der Waals surface area (Å²) in [4.78, 5) is 0. The molecule has 120 valence electrons. The third kappa shape index (κ3) is 4.13. The molecule has 0 heterocycles. The third-order valence-electron chi connectivity index (χ3n) is 3.79. The van der Waals surface area contributed by atoms with Gasteiger partial charge in [-0.2, -0.15) is 5.26 Å². The van der Waals surface area contributed by atoms with Crippen LogP contribution in [0.1, 0.15) is 42.7 Å². The van der Waals surface area contributed by atoms with Crippen LogP contribution in [0.15, 0.2) is 42.5 Å². The van der Waals surface area contributed by atoms with Crippen molar-refractivity contribution < 1.29 is 13.9 Å². The molecule has 0 aliphatic carbocycles. The predicted molar refractivity (Wildman–Crippen MR) is 83.5 cm³/mol. The van der Waals surface area contributed by atoms with Gasteiger partial charge in [-0.25, -0.2) is 8.78 Å². The van der Waals surface area contributed by atoms with E-state index >= 15 is 0 Å². The van der Waals surface area contributed by atoms with Gasteiger partial charge in [0.2, 0.25) is 0 Å². The molecule has 5 heteroatoms. The molecule has 0 saturated heterocycles. The Morgan fingerprint density at radius 2 is 1.78 bits per heavy atom. The molecule has 2 aromatic carbocycles. The zero-order valence-corrected chi connectivity index (χ0v) is 12.9. The van der Waals surface area contributed by atoms with Crippen molar-refractivity contribution in [1.82, 2.24) is 5.32 Å². The highest BCUT2D eigenvalue weighted by Gasteiger charge is 2.20. The number of aliphatic hydroxyl groups is 1. The van der Waals surface area contributed by atoms with Crippen molar-refractivity contribution in [3.63, 3.8) is 0 Å². The van der Waals surface area contributed by atoms with Gasteiger partial charge in [0, 0.05) is 12.1 Å². The van der Waals surface area contributed by atoms with Gasteiger partial charge >= 0.3 is 0 Å². The molecule has 2 rings (SSSR count). The largest absolute Gasteiger partial charge is 0.387 e. The van der Waals surface area contributed by atoms with E-state index in [-0.39, 0.29) is 12.1 Å². The molecule has 0 bridgehead atoms. The lowest BCUT2D eigenvalue weighted by Crippen LogP contribution is -2.34. The van der Waals surface area contributed by atoms with Crippen LogP contribution in [0, 0.1) is 23.0 Å². The van der Waals surface area contributed by atoms with E-state index in [1.165, 1.54) is 6.07 Å². The molecule has 0 radical (unpaired) electrons. The minimum atomic E-state index is -0.983. The van der Waals surface area contributed by atoms with Gasteiger partial charge in [-0.05, 0) is 49.2 Å². The van der Waals surface area contributed by atoms with E-state index in [0.29, 0.717) is 11.1 Å². The Hall–Kier alpha value is -2.29. The first-order valence-corrected chi connectivity index (χ1v) is 7.31. The van der Waals surface area contributed by atoms with E-state index in [4.69, 9.17) is 5.26 Å². The monoisotopic (exact) mass is 316 g/mol. The van der Waals surface area contributed by atoms with Gasteiger partial charge in [-0.15, -0.1) is 0 Å². The van der Waals surface area contributed by atoms with Gasteiger partial charge in [-0.3, -0.25) is 0 Å². The van der Waals surface area contributed by atoms with Crippen LogP contribution in [-0.4, -0.2) is 11.1 Å². The number of nitrogens with one attached hydrogen (secondary N) is 1. The lowest BCUT2D eigenvalue weighted by atomic mass is 10.0. The molecule has 23 heavy (non-hydrogen) atoms. The summed E-state index contributed by atoms with van der Waals surface area (Å²) in [7, 11) is 0. The number of halogens is 2. The second-order valence-electron chi connectivity index (χ2n) is 5.53. The van der Waals surface area contributed by atoms with Crippen molar-refractivity contribution in [1.29, 1.82) is 5.26 Å². The summed E-state index contributed by atoms with van der Waals surface area (Å²) in [5.74, 6) is -1.92. The fourth-order valence-corrected chi connectivity index (χ4v) is 2.44. The molecule has 0 saturated carbocycles. The van der Waals surface area contributed by atoms with Crippen LogP contribution < -0.4 is 5.32 Å². The summed E-state index contributed by atoms with van der Waals surface area (Å²) in [5, 5.41) is 22.4. The standard InChI is InChI=1S/C18H18F2N2O/c1-11(14-5-3-4-13(8-14)10-21)22-12(2)18(23)15-6-7-16(19)17(20)9-15/h3-9,11-12,18,22-23H,1-2H3. The van der Waals surface area contributed by atoms with E-state index in [1.54, 1.807) is 25.1 Å². The van der Waals surface area contributed by atoms with Crippen LogP contribution in [0.25, 0.3) is 0 Å². The van der Waals surface area contributed by atoms with Crippen molar-refractivity contribution in [3.8, 4) is 6.07 Å². The Labute approximate surface area is 134 Å². The fourth-order valence-electron chi connectivity index (χ4n) is 2.44. The Bertz CT molecular complexity index is 727. The maximum atomic E-state index is 13.3. The van der Waals surface area contributed by atoms with Gasteiger partial charge in [0.15, 0.2) is 11.6 Å². The van der Waals surface area contributed by atoms with Gasteiger partial charge in [0.25, 0.3) is 0 Å². The summed E-state index contributed by atoms with van der Waals surface area (Å²) >= 11 is 0. The number of benzene rings is 2. The summed E-state index contributed by atoms with van der Waals surface area (Å²) in [6.07, 6.45) is -0.980. The number of rotatable bonds is 5. The first-order valence-electron chi connectivity index (χ1n) is 7.31. The van der Waals surface area contributed by atoms with Crippen molar-refractivity contribution >= 4 is 0 Å². The lowest BCUT2D eigenvalue weighted by Gasteiger charge is -2.25. The molecular formula is C18H18F2N2O. The van der Waals surface area contributed by atoms with Gasteiger partial charge in [0.05, 0.1) is 17.7 Å². The summed E-state index contributed by atoms with van der Waals surface area (Å²) in [5.41, 5.74) is 1.78. The molecule has 2 aromatic rings. The van der Waals surface area contributed by atoms with Crippen molar-refractivity contribution in [3.05, 3.63) is 70.8 Å². The number of hydrogen-bond acceptors (Lipinski definition) is 3. The Kier molecular flexibility index (Phi) is 5.43. The molecule has 0 aliphatic heterocycles. The number of hydrogen-bond donors (Lipinski definition) is 2. The van der Waals surface area contributed by atoms with Gasteiger partial charge < -0.3 is 10.4 Å². The molecule has 3 atom stereocenters.